The van der Waals surface area contributed by atoms with Crippen LogP contribution in [0.2, 0.25) is 0 Å². The van der Waals surface area contributed by atoms with Crippen LogP contribution in [0.3, 0.4) is 0 Å². The highest BCUT2D eigenvalue weighted by atomic mass is 19.3. The van der Waals surface area contributed by atoms with Gasteiger partial charge >= 0.3 is 6.61 Å². The summed E-state index contributed by atoms with van der Waals surface area (Å²) in [7, 11) is 0. The van der Waals surface area contributed by atoms with E-state index in [-0.39, 0.29) is 5.39 Å². The van der Waals surface area contributed by atoms with E-state index in [0.29, 0.717) is 11.1 Å². The number of aryl methyl sites for hydroxylation is 1. The number of ether oxygens (including phenoxy) is 1. The average molecular weight is 378 g/mol. The Morgan fingerprint density at radius 1 is 0.926 bits per heavy atom. The lowest BCUT2D eigenvalue weighted by atomic mass is 9.98. The third kappa shape index (κ3) is 3.94. The van der Waals surface area contributed by atoms with Gasteiger partial charge in [-0.15, -0.1) is 6.58 Å². The highest BCUT2D eigenvalue weighted by Gasteiger charge is 2.21. The molecule has 0 aliphatic heterocycles. The Morgan fingerprint density at radius 2 is 1.63 bits per heavy atom. The molecule has 140 valence electrons. The molecule has 0 aliphatic rings. The second-order valence-corrected chi connectivity index (χ2v) is 5.96. The molecule has 0 N–H and O–H groups in total. The summed E-state index contributed by atoms with van der Waals surface area (Å²) in [6.45, 7) is 0.239. The van der Waals surface area contributed by atoms with Crippen molar-refractivity contribution in [1.82, 2.24) is 0 Å². The van der Waals surface area contributed by atoms with E-state index >= 15 is 0 Å². The first kappa shape index (κ1) is 18.9. The van der Waals surface area contributed by atoms with Gasteiger partial charge < -0.3 is 4.74 Å². The molecule has 0 aliphatic carbocycles. The van der Waals surface area contributed by atoms with Crippen LogP contribution in [0.25, 0.3) is 21.9 Å². The maximum absolute atomic E-state index is 14.5. The fourth-order valence-electron chi connectivity index (χ4n) is 2.89. The van der Waals surface area contributed by atoms with Gasteiger partial charge in [-0.2, -0.15) is 8.78 Å². The summed E-state index contributed by atoms with van der Waals surface area (Å²) >= 11 is 0. The zero-order valence-electron chi connectivity index (χ0n) is 14.1. The largest absolute Gasteiger partial charge is 0.429 e. The van der Waals surface area contributed by atoms with Gasteiger partial charge in [-0.25, -0.2) is 13.2 Å². The number of rotatable bonds is 6. The van der Waals surface area contributed by atoms with Gasteiger partial charge in [0.1, 0.15) is 5.82 Å². The Hall–Kier alpha value is -2.89. The van der Waals surface area contributed by atoms with Crippen molar-refractivity contribution < 1.29 is 26.7 Å². The minimum atomic E-state index is -3.42. The van der Waals surface area contributed by atoms with Crippen LogP contribution in [-0.2, 0) is 6.42 Å². The molecular weight excluding hydrogens is 363 g/mol. The summed E-state index contributed by atoms with van der Waals surface area (Å²) in [6, 6.07) is 10.6. The summed E-state index contributed by atoms with van der Waals surface area (Å²) in [6.07, 6.45) is 3.45. The minimum Gasteiger partial charge on any atom is -0.429 e. The van der Waals surface area contributed by atoms with Crippen molar-refractivity contribution in [3.05, 3.63) is 78.1 Å². The number of hydrogen-bond donors (Lipinski definition) is 0. The molecule has 3 rings (SSSR count). The lowest BCUT2D eigenvalue weighted by Gasteiger charge is -2.12. The SMILES string of the molecule is C=CCCc1ccc(-c2cc(F)c3c(F)c(OC(F)F)c(F)cc3c2)cc1. The van der Waals surface area contributed by atoms with Crippen molar-refractivity contribution in [3.8, 4) is 16.9 Å². The van der Waals surface area contributed by atoms with Gasteiger partial charge in [-0.3, -0.25) is 0 Å². The van der Waals surface area contributed by atoms with Gasteiger partial charge in [0.15, 0.2) is 17.4 Å². The molecule has 0 atom stereocenters. The fraction of sp³-hybridized carbons (Fsp3) is 0.143. The molecule has 0 spiro atoms. The zero-order valence-corrected chi connectivity index (χ0v) is 14.1. The van der Waals surface area contributed by atoms with Crippen LogP contribution >= 0.6 is 0 Å². The van der Waals surface area contributed by atoms with Crippen LogP contribution < -0.4 is 4.74 Å². The van der Waals surface area contributed by atoms with Crippen LogP contribution in [0.4, 0.5) is 22.0 Å². The molecule has 0 aromatic heterocycles. The number of benzene rings is 3. The summed E-state index contributed by atoms with van der Waals surface area (Å²) in [4.78, 5) is 0. The molecule has 27 heavy (non-hydrogen) atoms. The molecule has 0 fully saturated rings. The fourth-order valence-corrected chi connectivity index (χ4v) is 2.89. The number of halogens is 5. The topological polar surface area (TPSA) is 9.23 Å². The molecular formula is C21H15F5O. The van der Waals surface area contributed by atoms with E-state index in [1.54, 1.807) is 12.1 Å². The quantitative estimate of drug-likeness (QED) is 0.345. The molecule has 6 heteroatoms. The van der Waals surface area contributed by atoms with E-state index in [1.165, 1.54) is 6.07 Å². The monoisotopic (exact) mass is 378 g/mol. The maximum Gasteiger partial charge on any atom is 0.387 e. The summed E-state index contributed by atoms with van der Waals surface area (Å²) < 4.78 is 71.2. The maximum atomic E-state index is 14.5. The minimum absolute atomic E-state index is 0.0858. The normalized spacial score (nSPS) is 11.2. The summed E-state index contributed by atoms with van der Waals surface area (Å²) in [5, 5.41) is -0.684. The second-order valence-electron chi connectivity index (χ2n) is 5.96. The molecule has 0 unspecified atom stereocenters. The molecule has 3 aromatic carbocycles. The molecule has 0 radical (unpaired) electrons. The second kappa shape index (κ2) is 7.78. The van der Waals surface area contributed by atoms with E-state index in [1.807, 2.05) is 18.2 Å². The summed E-state index contributed by atoms with van der Waals surface area (Å²) in [5.41, 5.74) is 2.15. The molecule has 1 nitrogen and oxygen atoms in total. The van der Waals surface area contributed by atoms with Gasteiger partial charge in [0.25, 0.3) is 0 Å². The van der Waals surface area contributed by atoms with Crippen molar-refractivity contribution >= 4 is 10.8 Å². The molecule has 0 amide bonds. The highest BCUT2D eigenvalue weighted by molar-refractivity contribution is 5.89. The van der Waals surface area contributed by atoms with E-state index in [4.69, 9.17) is 0 Å². The number of alkyl halides is 2. The zero-order chi connectivity index (χ0) is 19.6. The first-order chi connectivity index (χ1) is 12.9. The van der Waals surface area contributed by atoms with Crippen molar-refractivity contribution in [3.63, 3.8) is 0 Å². The van der Waals surface area contributed by atoms with Crippen molar-refractivity contribution in [1.29, 1.82) is 0 Å². The van der Waals surface area contributed by atoms with Crippen LogP contribution in [0.1, 0.15) is 12.0 Å². The highest BCUT2D eigenvalue weighted by Crippen LogP contribution is 2.35. The van der Waals surface area contributed by atoms with Crippen LogP contribution in [0, 0.1) is 17.5 Å². The lowest BCUT2D eigenvalue weighted by Crippen LogP contribution is -2.06. The van der Waals surface area contributed by atoms with Crippen molar-refractivity contribution in [2.45, 2.75) is 19.5 Å². The summed E-state index contributed by atoms with van der Waals surface area (Å²) in [5.74, 6) is -5.10. The molecule has 0 saturated heterocycles. The van der Waals surface area contributed by atoms with Crippen molar-refractivity contribution in [2.75, 3.05) is 0 Å². The Labute approximate surface area is 152 Å². The Balaban J connectivity index is 2.05. The number of hydrogen-bond acceptors (Lipinski definition) is 1. The van der Waals surface area contributed by atoms with Crippen LogP contribution in [0.15, 0.2) is 55.1 Å². The van der Waals surface area contributed by atoms with Gasteiger partial charge in [0, 0.05) is 0 Å². The number of fused-ring (bicyclic) bond motifs is 1. The number of allylic oxidation sites excluding steroid dienone is 1. The third-order valence-corrected chi connectivity index (χ3v) is 4.17. The van der Waals surface area contributed by atoms with E-state index in [9.17, 15) is 22.0 Å². The molecule has 3 aromatic rings. The first-order valence-electron chi connectivity index (χ1n) is 8.17. The molecule has 0 saturated carbocycles. The predicted octanol–water partition coefficient (Wildman–Crippen LogP) is 6.64. The third-order valence-electron chi connectivity index (χ3n) is 4.17. The smallest absolute Gasteiger partial charge is 0.387 e. The van der Waals surface area contributed by atoms with Gasteiger partial charge in [-0.05, 0) is 53.1 Å². The first-order valence-corrected chi connectivity index (χ1v) is 8.17. The predicted molar refractivity (Wildman–Crippen MR) is 94.4 cm³/mol. The van der Waals surface area contributed by atoms with Gasteiger partial charge in [0.2, 0.25) is 0 Å². The average Bonchev–Trinajstić information content (AvgIpc) is 2.63. The van der Waals surface area contributed by atoms with Crippen molar-refractivity contribution in [2.24, 2.45) is 0 Å². The standard InChI is InChI=1S/C21H15F5O/c1-2-3-4-12-5-7-13(8-6-12)14-9-15-11-17(23)20(27-21(25)26)19(24)18(15)16(22)10-14/h2,5-11,21H,1,3-4H2. The van der Waals surface area contributed by atoms with E-state index in [2.05, 4.69) is 11.3 Å². The Bertz CT molecular complexity index is 980. The van der Waals surface area contributed by atoms with Crippen LogP contribution in [0.5, 0.6) is 5.75 Å². The lowest BCUT2D eigenvalue weighted by molar-refractivity contribution is -0.0544. The van der Waals surface area contributed by atoms with Crippen LogP contribution in [-0.4, -0.2) is 6.61 Å². The van der Waals surface area contributed by atoms with Gasteiger partial charge in [0.05, 0.1) is 5.39 Å². The van der Waals surface area contributed by atoms with E-state index < -0.39 is 35.2 Å². The molecule has 0 bridgehead atoms. The molecule has 0 heterocycles. The Kier molecular flexibility index (Phi) is 5.44. The van der Waals surface area contributed by atoms with Gasteiger partial charge in [-0.1, -0.05) is 30.3 Å². The van der Waals surface area contributed by atoms with E-state index in [0.717, 1.165) is 30.5 Å². The Morgan fingerprint density at radius 3 is 2.26 bits per heavy atom.